The van der Waals surface area contributed by atoms with E-state index in [4.69, 9.17) is 33.3 Å². The Morgan fingerprint density at radius 1 is 1.00 bits per heavy atom. The van der Waals surface area contributed by atoms with Gasteiger partial charge in [-0.15, -0.1) is 0 Å². The van der Waals surface area contributed by atoms with Crippen LogP contribution in [0.1, 0.15) is 30.7 Å². The van der Waals surface area contributed by atoms with Crippen molar-refractivity contribution in [1.82, 2.24) is 38.4 Å². The molecule has 0 amide bonds. The first kappa shape index (κ1) is 30.9. The smallest absolute Gasteiger partial charge is 0.387 e. The highest BCUT2D eigenvalue weighted by Gasteiger charge is 2.52. The van der Waals surface area contributed by atoms with E-state index in [0.29, 0.717) is 11.5 Å². The van der Waals surface area contributed by atoms with E-state index in [9.17, 15) is 28.8 Å². The summed E-state index contributed by atoms with van der Waals surface area (Å²) >= 11 is 0. The van der Waals surface area contributed by atoms with Gasteiger partial charge >= 0.3 is 15.6 Å². The van der Waals surface area contributed by atoms with Gasteiger partial charge in [-0.1, -0.05) is 0 Å². The SMILES string of the molecule is CN1C=Nc2c(ncn2[C@H]2C[C@@H]3OP(=O)(O)OC[C@H]4O[C@@H](n5cnc6c(=O)[nH]c7nccn7c65)[C@H](OP(=O)(O)OC[C@H]3O2)[C@@H]4O)C1N. The maximum absolute atomic E-state index is 13.3. The van der Waals surface area contributed by atoms with E-state index in [1.165, 1.54) is 40.4 Å². The summed E-state index contributed by atoms with van der Waals surface area (Å²) in [6, 6.07) is 0. The van der Waals surface area contributed by atoms with Crippen molar-refractivity contribution >= 4 is 44.7 Å². The number of aromatic amines is 1. The Morgan fingerprint density at radius 2 is 1.74 bits per heavy atom. The summed E-state index contributed by atoms with van der Waals surface area (Å²) < 4.78 is 64.3. The van der Waals surface area contributed by atoms with Gasteiger partial charge < -0.3 is 35.0 Å². The zero-order chi connectivity index (χ0) is 32.8. The van der Waals surface area contributed by atoms with Crippen LogP contribution in [-0.4, -0.2) is 110 Å². The number of ether oxygens (including phenoxy) is 2. The molecule has 0 saturated carbocycles. The molecule has 4 aromatic heterocycles. The predicted octanol–water partition coefficient (Wildman–Crippen LogP) is -0.605. The molecule has 0 radical (unpaired) electrons. The minimum Gasteiger partial charge on any atom is -0.387 e. The number of aliphatic hydroxyl groups excluding tert-OH is 1. The first-order valence-electron chi connectivity index (χ1n) is 14.2. The van der Waals surface area contributed by atoms with E-state index in [-0.39, 0.29) is 23.4 Å². The molecular formula is C23H28N10O12P2. The minimum atomic E-state index is -5.01. The average molecular weight is 698 g/mol. The van der Waals surface area contributed by atoms with Crippen LogP contribution < -0.4 is 11.3 Å². The molecule has 0 aliphatic carbocycles. The Bertz CT molecular complexity index is 2040. The van der Waals surface area contributed by atoms with Gasteiger partial charge in [0.15, 0.2) is 23.2 Å². The highest BCUT2D eigenvalue weighted by atomic mass is 31.2. The van der Waals surface area contributed by atoms with Crippen molar-refractivity contribution in [2.45, 2.75) is 55.6 Å². The van der Waals surface area contributed by atoms with Crippen molar-refractivity contribution in [1.29, 1.82) is 0 Å². The predicted molar refractivity (Wildman–Crippen MR) is 154 cm³/mol. The first-order chi connectivity index (χ1) is 22.4. The number of nitrogens with two attached hydrogens (primary N) is 1. The topological polar surface area (TPSA) is 278 Å². The summed E-state index contributed by atoms with van der Waals surface area (Å²) in [4.78, 5) is 55.3. The van der Waals surface area contributed by atoms with Gasteiger partial charge in [-0.3, -0.25) is 41.4 Å². The summed E-state index contributed by atoms with van der Waals surface area (Å²) in [5.74, 6) is 0.560. The van der Waals surface area contributed by atoms with Crippen LogP contribution in [0.3, 0.4) is 0 Å². The van der Waals surface area contributed by atoms with Gasteiger partial charge in [-0.2, -0.15) is 0 Å². The summed E-state index contributed by atoms with van der Waals surface area (Å²) in [6.45, 7) is -1.35. The Balaban J connectivity index is 1.10. The Labute approximate surface area is 262 Å². The number of phosphoric ester groups is 2. The van der Waals surface area contributed by atoms with Gasteiger partial charge in [0.1, 0.15) is 48.6 Å². The molecule has 22 nitrogen and oxygen atoms in total. The van der Waals surface area contributed by atoms with Crippen LogP contribution in [0, 0.1) is 0 Å². The molecular weight excluding hydrogens is 670 g/mol. The third kappa shape index (κ3) is 5.26. The molecule has 8 rings (SSSR count). The molecule has 0 aromatic carbocycles. The van der Waals surface area contributed by atoms with Crippen LogP contribution in [-0.2, 0) is 36.7 Å². The summed E-state index contributed by atoms with van der Waals surface area (Å²) in [7, 11) is -8.14. The van der Waals surface area contributed by atoms with Crippen LogP contribution in [0.4, 0.5) is 5.82 Å². The molecule has 4 aromatic rings. The monoisotopic (exact) mass is 698 g/mol. The standard InChI is InChI=1S/C23H28N10O12P2/c1-30-7-28-19-14(18(30)24)26-8-32(19)13-4-10-11(42-13)5-40-47(38,39)45-17-16(34)12(6-41-46(36,37)44-10)43-22(17)33-9-27-15-20(35)29-23-25-2-3-31(23)21(15)33/h2-3,7-13,16-18,22,34H,4-6,24H2,1H3,(H,36,37)(H,38,39)(H,25,29,35)/t10-,11+,12+,13+,16+,17+,18?,22+/m0/s1. The molecule has 10 atom stereocenters. The van der Waals surface area contributed by atoms with Crippen molar-refractivity contribution in [3.63, 3.8) is 0 Å². The average Bonchev–Trinajstić information content (AvgIpc) is 3.84. The van der Waals surface area contributed by atoms with Crippen molar-refractivity contribution in [3.05, 3.63) is 41.1 Å². The Morgan fingerprint density at radius 3 is 2.55 bits per heavy atom. The molecule has 3 saturated heterocycles. The van der Waals surface area contributed by atoms with Crippen LogP contribution in [0.25, 0.3) is 16.9 Å². The van der Waals surface area contributed by atoms with E-state index in [1.807, 2.05) is 0 Å². The van der Waals surface area contributed by atoms with E-state index >= 15 is 0 Å². The summed E-state index contributed by atoms with van der Waals surface area (Å²) in [6.07, 6.45) is -2.79. The van der Waals surface area contributed by atoms with Crippen LogP contribution >= 0.6 is 15.6 Å². The third-order valence-electron chi connectivity index (χ3n) is 8.36. The second-order valence-electron chi connectivity index (χ2n) is 11.3. The molecule has 3 unspecified atom stereocenters. The number of fused-ring (bicyclic) bond motifs is 7. The van der Waals surface area contributed by atoms with Gasteiger partial charge in [-0.25, -0.2) is 29.1 Å². The van der Waals surface area contributed by atoms with E-state index in [1.54, 1.807) is 16.5 Å². The lowest BCUT2D eigenvalue weighted by Gasteiger charge is -2.26. The van der Waals surface area contributed by atoms with Gasteiger partial charge in [0.05, 0.1) is 32.2 Å². The molecule has 8 heterocycles. The molecule has 47 heavy (non-hydrogen) atoms. The Hall–Kier alpha value is -3.37. The Kier molecular flexibility index (Phi) is 7.30. The molecule has 0 spiro atoms. The van der Waals surface area contributed by atoms with Crippen molar-refractivity contribution in [3.8, 4) is 0 Å². The number of nitrogens with one attached hydrogen (secondary N) is 1. The number of hydrogen-bond donors (Lipinski definition) is 5. The fourth-order valence-corrected chi connectivity index (χ4v) is 7.94. The summed E-state index contributed by atoms with van der Waals surface area (Å²) in [5, 5.41) is 11.2. The number of aliphatic hydroxyl groups is 1. The van der Waals surface area contributed by atoms with Gasteiger partial charge in [0, 0.05) is 25.9 Å². The number of nitrogens with zero attached hydrogens (tertiary/aromatic N) is 8. The van der Waals surface area contributed by atoms with Gasteiger partial charge in [-0.05, 0) is 0 Å². The van der Waals surface area contributed by atoms with Gasteiger partial charge in [0.25, 0.3) is 5.56 Å². The number of aromatic nitrogens is 7. The lowest BCUT2D eigenvalue weighted by Crippen LogP contribution is -2.35. The number of aliphatic imine (C=N–C) groups is 1. The van der Waals surface area contributed by atoms with Crippen molar-refractivity contribution < 1.29 is 51.6 Å². The molecule has 2 bridgehead atoms. The van der Waals surface area contributed by atoms with Crippen LogP contribution in [0.5, 0.6) is 0 Å². The second-order valence-corrected chi connectivity index (χ2v) is 14.1. The largest absolute Gasteiger partial charge is 0.472 e. The zero-order valence-corrected chi connectivity index (χ0v) is 26.0. The van der Waals surface area contributed by atoms with E-state index in [0.717, 1.165) is 0 Å². The minimum absolute atomic E-state index is 0.0315. The molecule has 24 heteroatoms. The molecule has 4 aliphatic heterocycles. The lowest BCUT2D eigenvalue weighted by atomic mass is 10.1. The quantitative estimate of drug-likeness (QED) is 0.163. The van der Waals surface area contributed by atoms with Crippen LogP contribution in [0.2, 0.25) is 0 Å². The second kappa shape index (κ2) is 11.1. The third-order valence-corrected chi connectivity index (χ3v) is 10.4. The van der Waals surface area contributed by atoms with Crippen molar-refractivity contribution in [2.75, 3.05) is 20.3 Å². The fraction of sp³-hybridized carbons (Fsp3) is 0.522. The highest BCUT2D eigenvalue weighted by molar-refractivity contribution is 7.47. The molecule has 3 fully saturated rings. The zero-order valence-electron chi connectivity index (χ0n) is 24.2. The van der Waals surface area contributed by atoms with Crippen LogP contribution in [0.15, 0.2) is 34.8 Å². The molecule has 252 valence electrons. The highest BCUT2D eigenvalue weighted by Crippen LogP contribution is 2.54. The fourth-order valence-electron chi connectivity index (χ4n) is 6.05. The maximum Gasteiger partial charge on any atom is 0.472 e. The van der Waals surface area contributed by atoms with E-state index < -0.39 is 83.6 Å². The number of H-pyrrole nitrogens is 1. The molecule has 4 aliphatic rings. The maximum atomic E-state index is 13.3. The lowest BCUT2D eigenvalue weighted by molar-refractivity contribution is -0.0672. The van der Waals surface area contributed by atoms with Crippen molar-refractivity contribution in [2.24, 2.45) is 10.7 Å². The van der Waals surface area contributed by atoms with Gasteiger partial charge in [0.2, 0.25) is 5.78 Å². The molecule has 6 N–H and O–H groups in total. The number of phosphoric acid groups is 2. The number of rotatable bonds is 2. The summed E-state index contributed by atoms with van der Waals surface area (Å²) in [5.41, 5.74) is 6.21. The number of hydrogen-bond acceptors (Lipinski definition) is 16. The number of imidazole rings is 3. The van der Waals surface area contributed by atoms with E-state index in [2.05, 4.69) is 24.9 Å². The first-order valence-corrected chi connectivity index (χ1v) is 17.2. The normalized spacial score (nSPS) is 37.9.